The van der Waals surface area contributed by atoms with E-state index in [-0.39, 0.29) is 36.7 Å². The molecule has 2 rings (SSSR count). The minimum Gasteiger partial charge on any atom is -0.466 e. The molecular weight excluding hydrogens is 320 g/mol. The fourth-order valence-corrected chi connectivity index (χ4v) is 2.96. The van der Waals surface area contributed by atoms with Crippen molar-refractivity contribution in [1.29, 1.82) is 0 Å². The van der Waals surface area contributed by atoms with E-state index in [4.69, 9.17) is 4.74 Å². The standard InChI is InChI=1S/C19H26N2O4/c1-3-25-18(23)9-8-17(22)20-15-10-12-21(13-11-15)19(24)16-7-5-4-6-14(16)2/h4-7,15H,3,8-13H2,1-2H3,(H,20,22). The zero-order valence-electron chi connectivity index (χ0n) is 14.9. The molecule has 0 aliphatic carbocycles. The Kier molecular flexibility index (Phi) is 6.98. The van der Waals surface area contributed by atoms with Crippen LogP contribution in [-0.4, -0.2) is 48.4 Å². The molecule has 1 fully saturated rings. The Morgan fingerprint density at radius 3 is 2.48 bits per heavy atom. The van der Waals surface area contributed by atoms with Crippen LogP contribution in [-0.2, 0) is 14.3 Å². The SMILES string of the molecule is CCOC(=O)CCC(=O)NC1CCN(C(=O)c2ccccc2C)CC1. The molecule has 0 bridgehead atoms. The first kappa shape index (κ1) is 19.0. The van der Waals surface area contributed by atoms with Gasteiger partial charge in [-0.1, -0.05) is 18.2 Å². The summed E-state index contributed by atoms with van der Waals surface area (Å²) in [7, 11) is 0. The van der Waals surface area contributed by atoms with Crippen molar-refractivity contribution < 1.29 is 19.1 Å². The molecule has 25 heavy (non-hydrogen) atoms. The number of nitrogens with one attached hydrogen (secondary N) is 1. The first-order valence-electron chi connectivity index (χ1n) is 8.81. The third-order valence-electron chi connectivity index (χ3n) is 4.38. The number of likely N-dealkylation sites (tertiary alicyclic amines) is 1. The number of hydrogen-bond donors (Lipinski definition) is 1. The molecule has 1 aliphatic heterocycles. The summed E-state index contributed by atoms with van der Waals surface area (Å²) >= 11 is 0. The van der Waals surface area contributed by atoms with E-state index in [9.17, 15) is 14.4 Å². The highest BCUT2D eigenvalue weighted by Gasteiger charge is 2.25. The van der Waals surface area contributed by atoms with Gasteiger partial charge in [0.2, 0.25) is 5.91 Å². The van der Waals surface area contributed by atoms with Crippen LogP contribution in [0.1, 0.15) is 48.5 Å². The number of carbonyl (C=O) groups excluding carboxylic acids is 3. The first-order valence-corrected chi connectivity index (χ1v) is 8.81. The molecule has 0 saturated carbocycles. The lowest BCUT2D eigenvalue weighted by Gasteiger charge is -2.32. The zero-order chi connectivity index (χ0) is 18.2. The summed E-state index contributed by atoms with van der Waals surface area (Å²) in [5.41, 5.74) is 1.71. The van der Waals surface area contributed by atoms with E-state index >= 15 is 0 Å². The molecule has 0 radical (unpaired) electrons. The van der Waals surface area contributed by atoms with Gasteiger partial charge in [0, 0.05) is 31.1 Å². The van der Waals surface area contributed by atoms with Crippen molar-refractivity contribution in [3.05, 3.63) is 35.4 Å². The molecule has 1 aromatic rings. The van der Waals surface area contributed by atoms with Crippen LogP contribution in [0.4, 0.5) is 0 Å². The Morgan fingerprint density at radius 2 is 1.84 bits per heavy atom. The quantitative estimate of drug-likeness (QED) is 0.800. The summed E-state index contributed by atoms with van der Waals surface area (Å²) < 4.78 is 4.81. The molecule has 0 atom stereocenters. The van der Waals surface area contributed by atoms with E-state index in [0.717, 1.165) is 24.0 Å². The zero-order valence-corrected chi connectivity index (χ0v) is 14.9. The van der Waals surface area contributed by atoms with Crippen LogP contribution in [0.25, 0.3) is 0 Å². The summed E-state index contributed by atoms with van der Waals surface area (Å²) in [6, 6.07) is 7.63. The van der Waals surface area contributed by atoms with Crippen LogP contribution in [0.5, 0.6) is 0 Å². The molecule has 1 saturated heterocycles. The predicted molar refractivity (Wildman–Crippen MR) is 94.1 cm³/mol. The van der Waals surface area contributed by atoms with E-state index in [0.29, 0.717) is 19.7 Å². The van der Waals surface area contributed by atoms with Gasteiger partial charge in [0.25, 0.3) is 5.91 Å². The molecule has 0 aromatic heterocycles. The van der Waals surface area contributed by atoms with Crippen LogP contribution in [0, 0.1) is 6.92 Å². The number of piperidine rings is 1. The third kappa shape index (κ3) is 5.59. The number of ether oxygens (including phenoxy) is 1. The van der Waals surface area contributed by atoms with E-state index in [2.05, 4.69) is 5.32 Å². The van der Waals surface area contributed by atoms with E-state index in [1.54, 1.807) is 6.92 Å². The summed E-state index contributed by atoms with van der Waals surface area (Å²) in [5.74, 6) is -0.446. The lowest BCUT2D eigenvalue weighted by atomic mass is 10.0. The number of rotatable bonds is 6. The number of hydrogen-bond acceptors (Lipinski definition) is 4. The summed E-state index contributed by atoms with van der Waals surface area (Å²) in [6.07, 6.45) is 1.69. The van der Waals surface area contributed by atoms with Gasteiger partial charge in [-0.25, -0.2) is 0 Å². The van der Waals surface area contributed by atoms with E-state index in [1.165, 1.54) is 0 Å². The largest absolute Gasteiger partial charge is 0.466 e. The maximum Gasteiger partial charge on any atom is 0.306 e. The van der Waals surface area contributed by atoms with Crippen molar-refractivity contribution in [2.24, 2.45) is 0 Å². The third-order valence-corrected chi connectivity index (χ3v) is 4.38. The van der Waals surface area contributed by atoms with Gasteiger partial charge in [0.15, 0.2) is 0 Å². The van der Waals surface area contributed by atoms with Crippen molar-refractivity contribution in [3.8, 4) is 0 Å². The molecule has 1 N–H and O–H groups in total. The van der Waals surface area contributed by atoms with Gasteiger partial charge in [-0.15, -0.1) is 0 Å². The number of carbonyl (C=O) groups is 3. The Morgan fingerprint density at radius 1 is 1.16 bits per heavy atom. The fraction of sp³-hybridized carbons (Fsp3) is 0.526. The lowest BCUT2D eigenvalue weighted by molar-refractivity contribution is -0.144. The van der Waals surface area contributed by atoms with Crippen LogP contribution in [0.2, 0.25) is 0 Å². The van der Waals surface area contributed by atoms with Crippen molar-refractivity contribution in [1.82, 2.24) is 10.2 Å². The van der Waals surface area contributed by atoms with Crippen LogP contribution >= 0.6 is 0 Å². The molecular formula is C19H26N2O4. The lowest BCUT2D eigenvalue weighted by Crippen LogP contribution is -2.46. The van der Waals surface area contributed by atoms with E-state index < -0.39 is 0 Å². The van der Waals surface area contributed by atoms with Crippen LogP contribution < -0.4 is 5.32 Å². The second kappa shape index (κ2) is 9.20. The molecule has 136 valence electrons. The van der Waals surface area contributed by atoms with Gasteiger partial charge in [-0.2, -0.15) is 0 Å². The first-order chi connectivity index (χ1) is 12.0. The maximum atomic E-state index is 12.6. The number of aryl methyl sites for hydroxylation is 1. The second-order valence-corrected chi connectivity index (χ2v) is 6.25. The summed E-state index contributed by atoms with van der Waals surface area (Å²) in [6.45, 7) is 5.24. The molecule has 6 heteroatoms. The second-order valence-electron chi connectivity index (χ2n) is 6.25. The molecule has 1 aromatic carbocycles. The Bertz CT molecular complexity index is 622. The highest BCUT2D eigenvalue weighted by Crippen LogP contribution is 2.16. The van der Waals surface area contributed by atoms with Crippen molar-refractivity contribution in [3.63, 3.8) is 0 Å². The normalized spacial score (nSPS) is 14.9. The van der Waals surface area contributed by atoms with Crippen LogP contribution in [0.15, 0.2) is 24.3 Å². The Hall–Kier alpha value is -2.37. The molecule has 0 spiro atoms. The van der Waals surface area contributed by atoms with Crippen molar-refractivity contribution in [2.75, 3.05) is 19.7 Å². The van der Waals surface area contributed by atoms with Gasteiger partial charge in [-0.05, 0) is 38.3 Å². The summed E-state index contributed by atoms with van der Waals surface area (Å²) in [4.78, 5) is 37.6. The monoisotopic (exact) mass is 346 g/mol. The van der Waals surface area contributed by atoms with Crippen molar-refractivity contribution in [2.45, 2.75) is 45.6 Å². The molecule has 6 nitrogen and oxygen atoms in total. The van der Waals surface area contributed by atoms with E-state index in [1.807, 2.05) is 36.1 Å². The van der Waals surface area contributed by atoms with Gasteiger partial charge in [0.1, 0.15) is 0 Å². The van der Waals surface area contributed by atoms with Crippen molar-refractivity contribution >= 4 is 17.8 Å². The smallest absolute Gasteiger partial charge is 0.306 e. The number of amides is 2. The summed E-state index contributed by atoms with van der Waals surface area (Å²) in [5, 5.41) is 2.94. The minimum atomic E-state index is -0.351. The van der Waals surface area contributed by atoms with Gasteiger partial charge in [-0.3, -0.25) is 14.4 Å². The molecule has 0 unspecified atom stereocenters. The average Bonchev–Trinajstić information content (AvgIpc) is 2.61. The fourth-order valence-electron chi connectivity index (χ4n) is 2.96. The number of benzene rings is 1. The topological polar surface area (TPSA) is 75.7 Å². The molecule has 2 amide bonds. The minimum absolute atomic E-state index is 0.0465. The van der Waals surface area contributed by atoms with Gasteiger partial charge in [0.05, 0.1) is 13.0 Å². The van der Waals surface area contributed by atoms with Gasteiger partial charge < -0.3 is 15.0 Å². The molecule has 1 aliphatic rings. The predicted octanol–water partition coefficient (Wildman–Crippen LogP) is 2.06. The van der Waals surface area contributed by atoms with Gasteiger partial charge >= 0.3 is 5.97 Å². The highest BCUT2D eigenvalue weighted by molar-refractivity contribution is 5.95. The Balaban J connectivity index is 1.76. The molecule has 1 heterocycles. The highest BCUT2D eigenvalue weighted by atomic mass is 16.5. The van der Waals surface area contributed by atoms with Crippen LogP contribution in [0.3, 0.4) is 0 Å². The maximum absolute atomic E-state index is 12.6. The average molecular weight is 346 g/mol. The number of esters is 1. The number of nitrogens with zero attached hydrogens (tertiary/aromatic N) is 1. The Labute approximate surface area is 148 Å².